The lowest BCUT2D eigenvalue weighted by Crippen LogP contribution is -2.05. The molecule has 21 heavy (non-hydrogen) atoms. The highest BCUT2D eigenvalue weighted by Crippen LogP contribution is 2.31. The standard InChI is InChI=1S/C17H16N2O2/c1-2-21-17(20)15-13-9-8-12(18)10-14(13)19-16(15)11-6-4-3-5-7-11/h3-10,19H,2,18H2,1H3. The lowest BCUT2D eigenvalue weighted by molar-refractivity contribution is 0.0529. The van der Waals surface area contributed by atoms with E-state index in [-0.39, 0.29) is 5.97 Å². The zero-order valence-electron chi connectivity index (χ0n) is 11.7. The van der Waals surface area contributed by atoms with E-state index in [1.165, 1.54) is 0 Å². The Bertz CT molecular complexity index is 791. The molecule has 0 saturated heterocycles. The number of rotatable bonds is 3. The molecule has 4 nitrogen and oxygen atoms in total. The molecule has 1 aromatic heterocycles. The van der Waals surface area contributed by atoms with Crippen molar-refractivity contribution in [2.24, 2.45) is 0 Å². The summed E-state index contributed by atoms with van der Waals surface area (Å²) in [5, 5.41) is 0.821. The number of nitrogen functional groups attached to an aromatic ring is 1. The van der Waals surface area contributed by atoms with Gasteiger partial charge in [0.25, 0.3) is 0 Å². The van der Waals surface area contributed by atoms with Crippen molar-refractivity contribution in [3.8, 4) is 11.3 Å². The summed E-state index contributed by atoms with van der Waals surface area (Å²) in [5.41, 5.74) is 9.56. The van der Waals surface area contributed by atoms with Crippen molar-refractivity contribution in [1.29, 1.82) is 0 Å². The van der Waals surface area contributed by atoms with Gasteiger partial charge in [-0.2, -0.15) is 0 Å². The number of ether oxygens (including phenoxy) is 1. The summed E-state index contributed by atoms with van der Waals surface area (Å²) in [4.78, 5) is 15.6. The van der Waals surface area contributed by atoms with Gasteiger partial charge in [0.1, 0.15) is 0 Å². The number of nitrogens with one attached hydrogen (secondary N) is 1. The first-order valence-electron chi connectivity index (χ1n) is 6.84. The number of benzene rings is 2. The fourth-order valence-electron chi connectivity index (χ4n) is 2.45. The molecular formula is C17H16N2O2. The number of carbonyl (C=O) groups is 1. The topological polar surface area (TPSA) is 68.1 Å². The van der Waals surface area contributed by atoms with Crippen LogP contribution in [0.3, 0.4) is 0 Å². The van der Waals surface area contributed by atoms with Crippen LogP contribution in [0.15, 0.2) is 48.5 Å². The molecule has 0 aliphatic carbocycles. The highest BCUT2D eigenvalue weighted by atomic mass is 16.5. The minimum Gasteiger partial charge on any atom is -0.462 e. The molecule has 0 aliphatic rings. The van der Waals surface area contributed by atoms with E-state index in [1.807, 2.05) is 42.5 Å². The van der Waals surface area contributed by atoms with Crippen molar-refractivity contribution in [3.63, 3.8) is 0 Å². The van der Waals surface area contributed by atoms with Crippen LogP contribution in [0.25, 0.3) is 22.2 Å². The van der Waals surface area contributed by atoms with E-state index >= 15 is 0 Å². The van der Waals surface area contributed by atoms with Crippen LogP contribution in [-0.4, -0.2) is 17.6 Å². The van der Waals surface area contributed by atoms with Crippen LogP contribution >= 0.6 is 0 Å². The average molecular weight is 280 g/mol. The quantitative estimate of drug-likeness (QED) is 0.569. The Kier molecular flexibility index (Phi) is 3.36. The Hall–Kier alpha value is -2.75. The molecule has 106 valence electrons. The van der Waals surface area contributed by atoms with Crippen LogP contribution < -0.4 is 5.73 Å². The number of hydrogen-bond acceptors (Lipinski definition) is 3. The first-order chi connectivity index (χ1) is 10.2. The molecule has 0 saturated carbocycles. The van der Waals surface area contributed by atoms with Gasteiger partial charge in [0.05, 0.1) is 17.9 Å². The molecule has 2 aromatic carbocycles. The summed E-state index contributed by atoms with van der Waals surface area (Å²) >= 11 is 0. The number of hydrogen-bond donors (Lipinski definition) is 2. The number of aromatic nitrogens is 1. The molecule has 1 heterocycles. The van der Waals surface area contributed by atoms with Gasteiger partial charge in [0, 0.05) is 16.6 Å². The smallest absolute Gasteiger partial charge is 0.340 e. The number of fused-ring (bicyclic) bond motifs is 1. The summed E-state index contributed by atoms with van der Waals surface area (Å²) in [7, 11) is 0. The lowest BCUT2D eigenvalue weighted by atomic mass is 10.1. The predicted octanol–water partition coefficient (Wildman–Crippen LogP) is 3.59. The number of carbonyl (C=O) groups excluding carboxylic acids is 1. The van der Waals surface area contributed by atoms with Crippen molar-refractivity contribution in [2.45, 2.75) is 6.92 Å². The van der Waals surface area contributed by atoms with E-state index in [0.29, 0.717) is 17.9 Å². The summed E-state index contributed by atoms with van der Waals surface area (Å²) in [6.45, 7) is 2.14. The van der Waals surface area contributed by atoms with E-state index in [9.17, 15) is 4.79 Å². The summed E-state index contributed by atoms with van der Waals surface area (Å²) < 4.78 is 5.20. The van der Waals surface area contributed by atoms with Crippen molar-refractivity contribution in [2.75, 3.05) is 12.3 Å². The molecule has 0 bridgehead atoms. The first-order valence-corrected chi connectivity index (χ1v) is 6.84. The number of aromatic amines is 1. The minimum atomic E-state index is -0.327. The van der Waals surface area contributed by atoms with E-state index in [0.717, 1.165) is 22.2 Å². The maximum Gasteiger partial charge on any atom is 0.340 e. The van der Waals surface area contributed by atoms with Crippen LogP contribution in [0.1, 0.15) is 17.3 Å². The van der Waals surface area contributed by atoms with Gasteiger partial charge in [0.15, 0.2) is 0 Å². The van der Waals surface area contributed by atoms with E-state index in [1.54, 1.807) is 13.0 Å². The molecule has 3 N–H and O–H groups in total. The Morgan fingerprint density at radius 3 is 2.67 bits per heavy atom. The van der Waals surface area contributed by atoms with Crippen LogP contribution in [0, 0.1) is 0 Å². The SMILES string of the molecule is CCOC(=O)c1c(-c2ccccc2)[nH]c2cc(N)ccc12. The Labute approximate surface area is 122 Å². The van der Waals surface area contributed by atoms with Crippen LogP contribution in [-0.2, 0) is 4.74 Å². The molecule has 0 spiro atoms. The van der Waals surface area contributed by atoms with Gasteiger partial charge < -0.3 is 15.5 Å². The fraction of sp³-hybridized carbons (Fsp3) is 0.118. The fourth-order valence-corrected chi connectivity index (χ4v) is 2.45. The lowest BCUT2D eigenvalue weighted by Gasteiger charge is -2.04. The third kappa shape index (κ3) is 2.36. The van der Waals surface area contributed by atoms with Gasteiger partial charge >= 0.3 is 5.97 Å². The second-order valence-electron chi connectivity index (χ2n) is 4.77. The van der Waals surface area contributed by atoms with Crippen molar-refractivity contribution < 1.29 is 9.53 Å². The molecule has 0 fully saturated rings. The molecule has 0 radical (unpaired) electrons. The van der Waals surface area contributed by atoms with Crippen LogP contribution in [0.2, 0.25) is 0 Å². The van der Waals surface area contributed by atoms with Crippen LogP contribution in [0.4, 0.5) is 5.69 Å². The van der Waals surface area contributed by atoms with E-state index < -0.39 is 0 Å². The first kappa shape index (κ1) is 13.2. The number of anilines is 1. The summed E-state index contributed by atoms with van der Waals surface area (Å²) in [6.07, 6.45) is 0. The van der Waals surface area contributed by atoms with Gasteiger partial charge in [-0.3, -0.25) is 0 Å². The van der Waals surface area contributed by atoms with Gasteiger partial charge in [-0.1, -0.05) is 30.3 Å². The molecule has 0 amide bonds. The van der Waals surface area contributed by atoms with Gasteiger partial charge in [-0.05, 0) is 30.7 Å². The maximum atomic E-state index is 12.3. The zero-order chi connectivity index (χ0) is 14.8. The molecule has 3 aromatic rings. The number of nitrogens with two attached hydrogens (primary N) is 1. The number of H-pyrrole nitrogens is 1. The third-order valence-corrected chi connectivity index (χ3v) is 3.36. The van der Waals surface area contributed by atoms with Gasteiger partial charge in [-0.15, -0.1) is 0 Å². The monoisotopic (exact) mass is 280 g/mol. The molecule has 0 aliphatic heterocycles. The van der Waals surface area contributed by atoms with Crippen molar-refractivity contribution in [3.05, 3.63) is 54.1 Å². The Balaban J connectivity index is 2.27. The van der Waals surface area contributed by atoms with Crippen molar-refractivity contribution in [1.82, 2.24) is 4.98 Å². The molecule has 4 heteroatoms. The van der Waals surface area contributed by atoms with Gasteiger partial charge in [0.2, 0.25) is 0 Å². The second-order valence-corrected chi connectivity index (χ2v) is 4.77. The van der Waals surface area contributed by atoms with E-state index in [2.05, 4.69) is 4.98 Å². The summed E-state index contributed by atoms with van der Waals surface area (Å²) in [6, 6.07) is 15.2. The largest absolute Gasteiger partial charge is 0.462 e. The highest BCUT2D eigenvalue weighted by Gasteiger charge is 2.20. The van der Waals surface area contributed by atoms with E-state index in [4.69, 9.17) is 10.5 Å². The van der Waals surface area contributed by atoms with Crippen LogP contribution in [0.5, 0.6) is 0 Å². The van der Waals surface area contributed by atoms with Gasteiger partial charge in [-0.25, -0.2) is 4.79 Å². The second kappa shape index (κ2) is 5.32. The highest BCUT2D eigenvalue weighted by molar-refractivity contribution is 6.10. The molecule has 3 rings (SSSR count). The minimum absolute atomic E-state index is 0.327. The Morgan fingerprint density at radius 2 is 1.95 bits per heavy atom. The Morgan fingerprint density at radius 1 is 1.19 bits per heavy atom. The predicted molar refractivity (Wildman–Crippen MR) is 84.1 cm³/mol. The van der Waals surface area contributed by atoms with Crippen molar-refractivity contribution >= 4 is 22.6 Å². The molecule has 0 unspecified atom stereocenters. The average Bonchev–Trinajstić information content (AvgIpc) is 2.87. The molecular weight excluding hydrogens is 264 g/mol. The zero-order valence-corrected chi connectivity index (χ0v) is 11.7. The number of esters is 1. The normalized spacial score (nSPS) is 10.7. The summed E-state index contributed by atoms with van der Waals surface area (Å²) in [5.74, 6) is -0.327. The third-order valence-electron chi connectivity index (χ3n) is 3.36. The maximum absolute atomic E-state index is 12.3. The molecule has 0 atom stereocenters.